The molecule has 7 heteroatoms. The molecule has 118 valence electrons. The summed E-state index contributed by atoms with van der Waals surface area (Å²) in [5, 5.41) is 1.28. The Morgan fingerprint density at radius 3 is 2.91 bits per heavy atom. The Bertz CT molecular complexity index is 779. The van der Waals surface area contributed by atoms with Crippen LogP contribution in [-0.2, 0) is 28.9 Å². The predicted molar refractivity (Wildman–Crippen MR) is 88.9 cm³/mol. The summed E-state index contributed by atoms with van der Waals surface area (Å²) in [4.78, 5) is 31.4. The third kappa shape index (κ3) is 2.67. The van der Waals surface area contributed by atoms with Gasteiger partial charge in [0.2, 0.25) is 0 Å². The molecule has 2 aromatic rings. The normalized spacial score (nSPS) is 14.1. The molecule has 22 heavy (non-hydrogen) atoms. The Balaban J connectivity index is 2.16. The van der Waals surface area contributed by atoms with Crippen molar-refractivity contribution in [2.75, 3.05) is 12.9 Å². The van der Waals surface area contributed by atoms with Gasteiger partial charge in [-0.2, -0.15) is 0 Å². The molecule has 0 aliphatic heterocycles. The highest BCUT2D eigenvalue weighted by Crippen LogP contribution is 2.34. The van der Waals surface area contributed by atoms with E-state index in [-0.39, 0.29) is 12.1 Å². The fourth-order valence-corrected chi connectivity index (χ4v) is 4.71. The quantitative estimate of drug-likeness (QED) is 0.487. The van der Waals surface area contributed by atoms with Gasteiger partial charge in [-0.1, -0.05) is 11.8 Å². The van der Waals surface area contributed by atoms with E-state index in [0.29, 0.717) is 17.1 Å². The second-order valence-corrected chi connectivity index (χ2v) is 7.04. The van der Waals surface area contributed by atoms with E-state index in [9.17, 15) is 9.59 Å². The van der Waals surface area contributed by atoms with Gasteiger partial charge in [0, 0.05) is 4.88 Å². The molecule has 1 aliphatic rings. The van der Waals surface area contributed by atoms with Crippen LogP contribution in [0.15, 0.2) is 9.95 Å². The molecule has 0 unspecified atom stereocenters. The number of esters is 1. The van der Waals surface area contributed by atoms with Gasteiger partial charge >= 0.3 is 5.97 Å². The van der Waals surface area contributed by atoms with Crippen LogP contribution in [0.2, 0.25) is 0 Å². The lowest BCUT2D eigenvalue weighted by molar-refractivity contribution is -0.144. The molecule has 0 bridgehead atoms. The molecule has 0 aromatic carbocycles. The largest absolute Gasteiger partial charge is 0.465 e. The van der Waals surface area contributed by atoms with Crippen LogP contribution >= 0.6 is 23.1 Å². The summed E-state index contributed by atoms with van der Waals surface area (Å²) in [5.41, 5.74) is 1.04. The Labute approximate surface area is 136 Å². The van der Waals surface area contributed by atoms with Gasteiger partial charge < -0.3 is 4.74 Å². The van der Waals surface area contributed by atoms with Crippen molar-refractivity contribution in [2.24, 2.45) is 0 Å². The average Bonchev–Trinajstić information content (AvgIpc) is 2.88. The van der Waals surface area contributed by atoms with Gasteiger partial charge in [-0.3, -0.25) is 14.2 Å². The van der Waals surface area contributed by atoms with Crippen molar-refractivity contribution in [1.82, 2.24) is 9.55 Å². The minimum atomic E-state index is -0.398. The molecule has 0 amide bonds. The van der Waals surface area contributed by atoms with E-state index >= 15 is 0 Å². The van der Waals surface area contributed by atoms with Crippen molar-refractivity contribution in [3.05, 3.63) is 20.8 Å². The molecule has 0 saturated carbocycles. The van der Waals surface area contributed by atoms with Crippen LogP contribution in [0.3, 0.4) is 0 Å². The first kappa shape index (κ1) is 15.6. The third-order valence-corrected chi connectivity index (χ3v) is 5.68. The monoisotopic (exact) mass is 338 g/mol. The lowest BCUT2D eigenvalue weighted by Gasteiger charge is -2.12. The number of hydrogen-bond donors (Lipinski definition) is 0. The Hall–Kier alpha value is -1.34. The molecule has 0 fully saturated rings. The van der Waals surface area contributed by atoms with E-state index in [1.54, 1.807) is 18.3 Å². The van der Waals surface area contributed by atoms with Crippen LogP contribution in [0.1, 0.15) is 30.2 Å². The van der Waals surface area contributed by atoms with Crippen molar-refractivity contribution >= 4 is 39.3 Å². The summed E-state index contributed by atoms with van der Waals surface area (Å²) < 4.78 is 6.42. The van der Waals surface area contributed by atoms with Crippen molar-refractivity contribution < 1.29 is 9.53 Å². The van der Waals surface area contributed by atoms with Crippen LogP contribution in [0, 0.1) is 0 Å². The van der Waals surface area contributed by atoms with Crippen LogP contribution < -0.4 is 5.56 Å². The second-order valence-electron chi connectivity index (χ2n) is 5.19. The van der Waals surface area contributed by atoms with Gasteiger partial charge in [-0.15, -0.1) is 11.3 Å². The number of fused-ring (bicyclic) bond motifs is 3. The van der Waals surface area contributed by atoms with Crippen molar-refractivity contribution in [3.63, 3.8) is 0 Å². The van der Waals surface area contributed by atoms with E-state index in [1.165, 1.54) is 27.6 Å². The smallest absolute Gasteiger partial charge is 0.326 e. The van der Waals surface area contributed by atoms with Crippen LogP contribution in [-0.4, -0.2) is 28.4 Å². The van der Waals surface area contributed by atoms with E-state index in [1.807, 2.05) is 6.26 Å². The summed E-state index contributed by atoms with van der Waals surface area (Å²) in [6.07, 6.45) is 6.11. The van der Waals surface area contributed by atoms with Gasteiger partial charge in [0.15, 0.2) is 5.16 Å². The van der Waals surface area contributed by atoms with Crippen molar-refractivity contribution in [3.8, 4) is 0 Å². The first-order chi connectivity index (χ1) is 10.7. The van der Waals surface area contributed by atoms with Gasteiger partial charge in [-0.05, 0) is 44.4 Å². The maximum absolute atomic E-state index is 12.9. The molecule has 3 rings (SSSR count). The molecule has 0 radical (unpaired) electrons. The van der Waals surface area contributed by atoms with E-state index in [0.717, 1.165) is 29.7 Å². The Morgan fingerprint density at radius 1 is 1.41 bits per heavy atom. The number of aromatic nitrogens is 2. The Morgan fingerprint density at radius 2 is 2.18 bits per heavy atom. The maximum atomic E-state index is 12.9. The van der Waals surface area contributed by atoms with Gasteiger partial charge in [0.1, 0.15) is 11.4 Å². The molecule has 0 spiro atoms. The minimum absolute atomic E-state index is 0.0730. The molecule has 5 nitrogen and oxygen atoms in total. The molecular formula is C15H18N2O3S2. The maximum Gasteiger partial charge on any atom is 0.326 e. The Kier molecular flexibility index (Phi) is 4.54. The molecule has 1 aliphatic carbocycles. The van der Waals surface area contributed by atoms with Gasteiger partial charge in [-0.25, -0.2) is 4.98 Å². The number of carbonyl (C=O) groups is 1. The number of nitrogens with zero attached hydrogens (tertiary/aromatic N) is 2. The zero-order valence-corrected chi connectivity index (χ0v) is 14.3. The lowest BCUT2D eigenvalue weighted by Crippen LogP contribution is -2.28. The van der Waals surface area contributed by atoms with E-state index in [4.69, 9.17) is 4.74 Å². The molecule has 2 aromatic heterocycles. The summed E-state index contributed by atoms with van der Waals surface area (Å²) in [6, 6.07) is 0. The number of carbonyl (C=O) groups excluding carboxylic acids is 1. The predicted octanol–water partition coefficient (Wildman–Crippen LogP) is 2.62. The zero-order valence-electron chi connectivity index (χ0n) is 12.7. The summed E-state index contributed by atoms with van der Waals surface area (Å²) in [5.74, 6) is -0.398. The summed E-state index contributed by atoms with van der Waals surface area (Å²) in [7, 11) is 0. The number of ether oxygens (including phenoxy) is 1. The lowest BCUT2D eigenvalue weighted by atomic mass is 9.97. The third-order valence-electron chi connectivity index (χ3n) is 3.81. The topological polar surface area (TPSA) is 61.2 Å². The average molecular weight is 338 g/mol. The number of rotatable bonds is 4. The molecule has 0 saturated heterocycles. The van der Waals surface area contributed by atoms with Crippen molar-refractivity contribution in [2.45, 2.75) is 44.3 Å². The van der Waals surface area contributed by atoms with E-state index < -0.39 is 5.97 Å². The molecule has 0 atom stereocenters. The van der Waals surface area contributed by atoms with Crippen LogP contribution in [0.25, 0.3) is 10.2 Å². The number of aryl methyl sites for hydroxylation is 2. The fraction of sp³-hybridized carbons (Fsp3) is 0.533. The zero-order chi connectivity index (χ0) is 15.7. The standard InChI is InChI=1S/C15H18N2O3S2/c1-3-20-11(18)8-17-14(19)12-9-6-4-5-7-10(9)22-13(12)16-15(17)21-2/h3-8H2,1-2H3. The van der Waals surface area contributed by atoms with Crippen LogP contribution in [0.4, 0.5) is 0 Å². The van der Waals surface area contributed by atoms with Crippen molar-refractivity contribution in [1.29, 1.82) is 0 Å². The van der Waals surface area contributed by atoms with Gasteiger partial charge in [0.25, 0.3) is 5.56 Å². The second kappa shape index (κ2) is 6.42. The van der Waals surface area contributed by atoms with E-state index in [2.05, 4.69) is 4.98 Å². The highest BCUT2D eigenvalue weighted by Gasteiger charge is 2.22. The van der Waals surface area contributed by atoms with Gasteiger partial charge in [0.05, 0.1) is 12.0 Å². The molecule has 2 heterocycles. The number of hydrogen-bond acceptors (Lipinski definition) is 6. The highest BCUT2D eigenvalue weighted by molar-refractivity contribution is 7.98. The first-order valence-corrected chi connectivity index (χ1v) is 9.44. The number of thiophene rings is 1. The van der Waals surface area contributed by atoms with Crippen LogP contribution in [0.5, 0.6) is 0 Å². The molecular weight excluding hydrogens is 320 g/mol. The summed E-state index contributed by atoms with van der Waals surface area (Å²) in [6.45, 7) is 2.00. The fourth-order valence-electron chi connectivity index (χ4n) is 2.85. The number of thioether (sulfide) groups is 1. The SMILES string of the molecule is CCOC(=O)Cn1c(SC)nc2sc3c(c2c1=O)CCCC3. The first-order valence-electron chi connectivity index (χ1n) is 7.40. The molecule has 0 N–H and O–H groups in total. The minimum Gasteiger partial charge on any atom is -0.465 e. The highest BCUT2D eigenvalue weighted by atomic mass is 32.2. The summed E-state index contributed by atoms with van der Waals surface area (Å²) >= 11 is 3.01.